The van der Waals surface area contributed by atoms with Gasteiger partial charge in [0, 0.05) is 38.2 Å². The molecule has 0 atom stereocenters. The first kappa shape index (κ1) is 38.7. The van der Waals surface area contributed by atoms with Crippen molar-refractivity contribution in [3.8, 4) is 67.8 Å². The van der Waals surface area contributed by atoms with E-state index in [-0.39, 0.29) is 0 Å². The van der Waals surface area contributed by atoms with Gasteiger partial charge in [0.05, 0.1) is 40.0 Å². The minimum Gasteiger partial charge on any atom is -0.308 e. The highest BCUT2D eigenvalue weighted by Gasteiger charge is 2.25. The van der Waals surface area contributed by atoms with Crippen molar-refractivity contribution >= 4 is 49.3 Å². The molecule has 0 amide bonds. The van der Waals surface area contributed by atoms with Crippen LogP contribution in [0.25, 0.3) is 116 Å². The van der Waals surface area contributed by atoms with E-state index in [9.17, 15) is 0 Å². The van der Waals surface area contributed by atoms with Gasteiger partial charge in [-0.3, -0.25) is 0 Å². The van der Waals surface area contributed by atoms with E-state index in [2.05, 4.69) is 167 Å². The molecule has 0 bridgehead atoms. The van der Waals surface area contributed by atoms with E-state index in [0.29, 0.717) is 28.7 Å². The Labute approximate surface area is 382 Å². The van der Waals surface area contributed by atoms with Gasteiger partial charge in [0.1, 0.15) is 0 Å². The van der Waals surface area contributed by atoms with Crippen molar-refractivity contribution in [3.05, 3.63) is 229 Å². The Kier molecular flexibility index (Phi) is 9.22. The first-order valence-electron chi connectivity index (χ1n) is 22.1. The van der Waals surface area contributed by atoms with Crippen LogP contribution in [0.3, 0.4) is 0 Å². The zero-order valence-corrected chi connectivity index (χ0v) is 36.3. The zero-order chi connectivity index (χ0) is 44.3. The molecule has 0 unspecified atom stereocenters. The minimum atomic E-state index is 0.425. The number of aromatic nitrogens is 5. The van der Waals surface area contributed by atoms with Gasteiger partial charge in [-0.05, 0) is 95.8 Å². The van der Waals surface area contributed by atoms with Crippen molar-refractivity contribution in [1.29, 1.82) is 0 Å². The summed E-state index contributed by atoms with van der Waals surface area (Å²) < 4.78 is 4.69. The Morgan fingerprint density at radius 2 is 0.758 bits per heavy atom. The highest BCUT2D eigenvalue weighted by molar-refractivity contribution is 6.13. The fraction of sp³-hybridized carbons (Fsp3) is 0.0333. The number of fused-ring (bicyclic) bond motifs is 6. The lowest BCUT2D eigenvalue weighted by Crippen LogP contribution is -2.06. The van der Waals surface area contributed by atoms with E-state index in [0.717, 1.165) is 77.2 Å². The van der Waals surface area contributed by atoms with Gasteiger partial charge in [-0.25, -0.2) is 19.8 Å². The second kappa shape index (κ2) is 15.7. The molecular weight excluding hydrogens is 805 g/mol. The maximum atomic E-state index is 8.83. The molecule has 0 radical (unpaired) electrons. The van der Waals surface area contributed by atoms with Crippen molar-refractivity contribution in [2.45, 2.75) is 13.8 Å². The summed E-state index contributed by atoms with van der Waals surface area (Å²) in [4.78, 5) is 19.6. The lowest BCUT2D eigenvalue weighted by Gasteiger charge is -2.20. The number of rotatable bonds is 7. The van der Waals surface area contributed by atoms with E-state index in [4.69, 9.17) is 21.5 Å². The van der Waals surface area contributed by atoms with Crippen molar-refractivity contribution in [3.63, 3.8) is 0 Å². The van der Waals surface area contributed by atoms with Gasteiger partial charge < -0.3 is 9.13 Å². The Morgan fingerprint density at radius 1 is 0.348 bits per heavy atom. The minimum absolute atomic E-state index is 0.425. The predicted molar refractivity (Wildman–Crippen MR) is 271 cm³/mol. The average Bonchev–Trinajstić information content (AvgIpc) is 3.88. The lowest BCUT2D eigenvalue weighted by atomic mass is 9.99. The molecule has 6 nitrogen and oxygen atoms in total. The monoisotopic (exact) mass is 844 g/mol. The molecule has 310 valence electrons. The standard InChI is InChI=1S/C60H40N6/c1-38-18-10-12-24-44(38)42-30-32-54-48(34-42)46-26-14-16-28-52(46)65(54)56-36-50(60-63-58(40-20-6-4-7-21-40)62-59(64-60)41-22-8-5-9-23-41)51(61-3)37-57(56)66-53-29-17-15-27-47(53)49-35-43(31-33-55(49)66)45-25-13-11-19-39(45)2/h4-37H,1-2H3. The molecule has 3 heterocycles. The summed E-state index contributed by atoms with van der Waals surface area (Å²) in [7, 11) is 0. The smallest absolute Gasteiger partial charge is 0.200 e. The maximum absolute atomic E-state index is 8.83. The molecule has 12 rings (SSSR count). The molecule has 0 aliphatic carbocycles. The van der Waals surface area contributed by atoms with Crippen LogP contribution in [-0.4, -0.2) is 24.1 Å². The molecule has 0 saturated heterocycles. The Bertz CT molecular complexity index is 3850. The van der Waals surface area contributed by atoms with E-state index < -0.39 is 0 Å². The molecule has 6 heteroatoms. The summed E-state index contributed by atoms with van der Waals surface area (Å²) in [5.41, 5.74) is 15.9. The SMILES string of the molecule is [C-]#[N+]c1cc(-n2c3ccccc3c3cc(-c4ccccc4C)ccc32)c(-n2c3ccccc3c3cc(-c4ccccc4C)ccc32)cc1-c1nc(-c2ccccc2)nc(-c2ccccc2)n1. The van der Waals surface area contributed by atoms with Crippen LogP contribution in [0.2, 0.25) is 0 Å². The first-order valence-corrected chi connectivity index (χ1v) is 22.1. The summed E-state index contributed by atoms with van der Waals surface area (Å²) >= 11 is 0. The zero-order valence-electron chi connectivity index (χ0n) is 36.3. The molecule has 0 spiro atoms. The van der Waals surface area contributed by atoms with E-state index in [1.807, 2.05) is 66.7 Å². The van der Waals surface area contributed by atoms with E-state index in [1.54, 1.807) is 0 Å². The van der Waals surface area contributed by atoms with Crippen LogP contribution >= 0.6 is 0 Å². The third-order valence-electron chi connectivity index (χ3n) is 12.9. The predicted octanol–water partition coefficient (Wildman–Crippen LogP) is 15.6. The highest BCUT2D eigenvalue weighted by Crippen LogP contribution is 2.44. The molecule has 0 fully saturated rings. The largest absolute Gasteiger partial charge is 0.308 e. The van der Waals surface area contributed by atoms with Gasteiger partial charge in [0.15, 0.2) is 23.2 Å². The maximum Gasteiger partial charge on any atom is 0.200 e. The highest BCUT2D eigenvalue weighted by atomic mass is 15.1. The van der Waals surface area contributed by atoms with Gasteiger partial charge in [-0.2, -0.15) is 0 Å². The van der Waals surface area contributed by atoms with Crippen LogP contribution in [-0.2, 0) is 0 Å². The molecular formula is C60H40N6. The van der Waals surface area contributed by atoms with Gasteiger partial charge in [-0.15, -0.1) is 0 Å². The quantitative estimate of drug-likeness (QED) is 0.150. The molecule has 3 aromatic heterocycles. The summed E-state index contributed by atoms with van der Waals surface area (Å²) in [6, 6.07) is 72.0. The molecule has 0 aliphatic rings. The number of hydrogen-bond donors (Lipinski definition) is 0. The molecule has 0 saturated carbocycles. The first-order chi connectivity index (χ1) is 32.5. The third kappa shape index (κ3) is 6.37. The molecule has 12 aromatic rings. The molecule has 0 aliphatic heterocycles. The summed E-state index contributed by atoms with van der Waals surface area (Å²) in [5, 5.41) is 4.53. The number of benzene rings is 9. The number of para-hydroxylation sites is 2. The number of nitrogens with zero attached hydrogens (tertiary/aromatic N) is 6. The van der Waals surface area contributed by atoms with Crippen molar-refractivity contribution < 1.29 is 0 Å². The lowest BCUT2D eigenvalue weighted by molar-refractivity contribution is 1.07. The van der Waals surface area contributed by atoms with Crippen molar-refractivity contribution in [2.24, 2.45) is 0 Å². The van der Waals surface area contributed by atoms with Crippen LogP contribution in [0.5, 0.6) is 0 Å². The normalized spacial score (nSPS) is 11.5. The van der Waals surface area contributed by atoms with Crippen LogP contribution in [0.4, 0.5) is 5.69 Å². The average molecular weight is 845 g/mol. The molecule has 0 N–H and O–H groups in total. The molecule has 9 aromatic carbocycles. The van der Waals surface area contributed by atoms with Gasteiger partial charge in [-0.1, -0.05) is 158 Å². The Hall–Kier alpha value is -8.92. The fourth-order valence-corrected chi connectivity index (χ4v) is 9.72. The van der Waals surface area contributed by atoms with Crippen LogP contribution in [0, 0.1) is 20.4 Å². The molecule has 66 heavy (non-hydrogen) atoms. The van der Waals surface area contributed by atoms with Crippen molar-refractivity contribution in [2.75, 3.05) is 0 Å². The van der Waals surface area contributed by atoms with Crippen LogP contribution in [0.15, 0.2) is 206 Å². The van der Waals surface area contributed by atoms with Gasteiger partial charge in [0.25, 0.3) is 0 Å². The summed E-state index contributed by atoms with van der Waals surface area (Å²) in [6.07, 6.45) is 0. The van der Waals surface area contributed by atoms with E-state index >= 15 is 0 Å². The second-order valence-corrected chi connectivity index (χ2v) is 16.8. The second-order valence-electron chi connectivity index (χ2n) is 16.8. The Balaban J connectivity index is 1.19. The summed E-state index contributed by atoms with van der Waals surface area (Å²) in [6.45, 7) is 13.2. The van der Waals surface area contributed by atoms with Gasteiger partial charge >= 0.3 is 0 Å². The van der Waals surface area contributed by atoms with Gasteiger partial charge in [0.2, 0.25) is 0 Å². The van der Waals surface area contributed by atoms with Crippen LogP contribution < -0.4 is 0 Å². The Morgan fingerprint density at radius 3 is 1.24 bits per heavy atom. The van der Waals surface area contributed by atoms with Crippen molar-refractivity contribution in [1.82, 2.24) is 24.1 Å². The third-order valence-corrected chi connectivity index (χ3v) is 12.9. The topological polar surface area (TPSA) is 52.9 Å². The summed E-state index contributed by atoms with van der Waals surface area (Å²) in [5.74, 6) is 1.50. The number of hydrogen-bond acceptors (Lipinski definition) is 3. The van der Waals surface area contributed by atoms with Crippen LogP contribution in [0.1, 0.15) is 11.1 Å². The van der Waals surface area contributed by atoms with E-state index in [1.165, 1.54) is 22.3 Å². The number of aryl methyl sites for hydroxylation is 2. The fourth-order valence-electron chi connectivity index (χ4n) is 9.72.